The molecule has 1 aromatic rings. The number of urea groups is 1. The molecule has 0 radical (unpaired) electrons. The van der Waals surface area contributed by atoms with Gasteiger partial charge in [-0.25, -0.2) is 9.59 Å². The van der Waals surface area contributed by atoms with Gasteiger partial charge in [0.1, 0.15) is 5.56 Å². The number of phenols is 1. The van der Waals surface area contributed by atoms with Gasteiger partial charge in [-0.05, 0) is 24.0 Å². The average molecular weight is 278 g/mol. The summed E-state index contributed by atoms with van der Waals surface area (Å²) in [7, 11) is 0. The van der Waals surface area contributed by atoms with Gasteiger partial charge in [0.05, 0.1) is 5.69 Å². The summed E-state index contributed by atoms with van der Waals surface area (Å²) in [5, 5.41) is 21.3. The van der Waals surface area contributed by atoms with E-state index >= 15 is 0 Å². The van der Waals surface area contributed by atoms with Gasteiger partial charge in [0.25, 0.3) is 0 Å². The van der Waals surface area contributed by atoms with Crippen LogP contribution in [-0.2, 0) is 0 Å². The van der Waals surface area contributed by atoms with Crippen LogP contribution in [0.5, 0.6) is 5.75 Å². The molecule has 0 aromatic heterocycles. The molecule has 0 atom stereocenters. The number of anilines is 1. The average Bonchev–Trinajstić information content (AvgIpc) is 2.72. The zero-order valence-electron chi connectivity index (χ0n) is 11.5. The second-order valence-electron chi connectivity index (χ2n) is 5.77. The Morgan fingerprint density at radius 2 is 2.05 bits per heavy atom. The Labute approximate surface area is 117 Å². The van der Waals surface area contributed by atoms with E-state index in [-0.39, 0.29) is 22.7 Å². The highest BCUT2D eigenvalue weighted by Crippen LogP contribution is 2.31. The number of aromatic hydroxyl groups is 1. The van der Waals surface area contributed by atoms with Gasteiger partial charge in [-0.2, -0.15) is 0 Å². The minimum absolute atomic E-state index is 0.0856. The first-order valence-electron chi connectivity index (χ1n) is 6.41. The molecule has 20 heavy (non-hydrogen) atoms. The minimum atomic E-state index is -1.24. The smallest absolute Gasteiger partial charge is 0.339 e. The number of amides is 2. The Hall–Kier alpha value is -2.24. The molecule has 108 valence electrons. The molecule has 1 saturated heterocycles. The van der Waals surface area contributed by atoms with Crippen LogP contribution in [-0.4, -0.2) is 40.2 Å². The number of rotatable bonds is 2. The number of aromatic carboxylic acids is 1. The van der Waals surface area contributed by atoms with E-state index < -0.39 is 11.7 Å². The quantitative estimate of drug-likeness (QED) is 0.724. The van der Waals surface area contributed by atoms with Crippen LogP contribution in [0, 0.1) is 5.41 Å². The van der Waals surface area contributed by atoms with Crippen molar-refractivity contribution in [2.75, 3.05) is 18.4 Å². The van der Waals surface area contributed by atoms with Crippen LogP contribution in [0.3, 0.4) is 0 Å². The van der Waals surface area contributed by atoms with Gasteiger partial charge in [0.15, 0.2) is 5.75 Å². The van der Waals surface area contributed by atoms with Crippen molar-refractivity contribution in [1.29, 1.82) is 0 Å². The van der Waals surface area contributed by atoms with Crippen molar-refractivity contribution in [2.24, 2.45) is 5.41 Å². The molecule has 1 heterocycles. The molecular weight excluding hydrogens is 260 g/mol. The number of carboxylic acid groups (broad SMARTS) is 1. The summed E-state index contributed by atoms with van der Waals surface area (Å²) in [5.41, 5.74) is -0.0355. The molecule has 2 rings (SSSR count). The van der Waals surface area contributed by atoms with E-state index in [2.05, 4.69) is 19.2 Å². The highest BCUT2D eigenvalue weighted by atomic mass is 16.4. The molecule has 0 spiro atoms. The van der Waals surface area contributed by atoms with Gasteiger partial charge in [-0.1, -0.05) is 19.9 Å². The summed E-state index contributed by atoms with van der Waals surface area (Å²) in [6, 6.07) is 3.91. The lowest BCUT2D eigenvalue weighted by Gasteiger charge is -2.20. The van der Waals surface area contributed by atoms with Gasteiger partial charge in [0.2, 0.25) is 0 Å². The fourth-order valence-corrected chi connectivity index (χ4v) is 2.30. The molecule has 0 unspecified atom stereocenters. The lowest BCUT2D eigenvalue weighted by molar-refractivity contribution is 0.0693. The normalized spacial score (nSPS) is 17.0. The predicted molar refractivity (Wildman–Crippen MR) is 74.1 cm³/mol. The van der Waals surface area contributed by atoms with Crippen LogP contribution in [0.1, 0.15) is 30.6 Å². The third-order valence-electron chi connectivity index (χ3n) is 3.47. The number of likely N-dealkylation sites (tertiary alicyclic amines) is 1. The van der Waals surface area contributed by atoms with Gasteiger partial charge in [-0.3, -0.25) is 0 Å². The van der Waals surface area contributed by atoms with E-state index in [4.69, 9.17) is 5.11 Å². The van der Waals surface area contributed by atoms with Crippen molar-refractivity contribution in [3.8, 4) is 5.75 Å². The largest absolute Gasteiger partial charge is 0.505 e. The SMILES string of the molecule is CC1(C)CCN(C(=O)Nc2cccc(C(=O)O)c2O)C1. The number of carbonyl (C=O) groups is 2. The second kappa shape index (κ2) is 5.03. The van der Waals surface area contributed by atoms with E-state index in [9.17, 15) is 14.7 Å². The van der Waals surface area contributed by atoms with Gasteiger partial charge in [0, 0.05) is 13.1 Å². The molecule has 1 aliphatic heterocycles. The van der Waals surface area contributed by atoms with E-state index in [0.717, 1.165) is 6.42 Å². The third kappa shape index (κ3) is 2.84. The summed E-state index contributed by atoms with van der Waals surface area (Å²) in [6.45, 7) is 5.46. The first-order chi connectivity index (χ1) is 9.30. The number of hydrogen-bond donors (Lipinski definition) is 3. The van der Waals surface area contributed by atoms with E-state index in [1.807, 2.05) is 0 Å². The van der Waals surface area contributed by atoms with Gasteiger partial charge >= 0.3 is 12.0 Å². The van der Waals surface area contributed by atoms with Crippen LogP contribution in [0.4, 0.5) is 10.5 Å². The third-order valence-corrected chi connectivity index (χ3v) is 3.47. The van der Waals surface area contributed by atoms with Crippen LogP contribution in [0.2, 0.25) is 0 Å². The van der Waals surface area contributed by atoms with Crippen LogP contribution < -0.4 is 5.32 Å². The van der Waals surface area contributed by atoms with Crippen LogP contribution in [0.25, 0.3) is 0 Å². The Morgan fingerprint density at radius 1 is 1.35 bits per heavy atom. The highest BCUT2D eigenvalue weighted by Gasteiger charge is 2.32. The Balaban J connectivity index is 2.13. The van der Waals surface area contributed by atoms with Crippen molar-refractivity contribution in [3.63, 3.8) is 0 Å². The number of hydrogen-bond acceptors (Lipinski definition) is 3. The van der Waals surface area contributed by atoms with Crippen molar-refractivity contribution in [2.45, 2.75) is 20.3 Å². The second-order valence-corrected chi connectivity index (χ2v) is 5.77. The lowest BCUT2D eigenvalue weighted by Crippen LogP contribution is -2.34. The topological polar surface area (TPSA) is 89.9 Å². The molecule has 1 fully saturated rings. The van der Waals surface area contributed by atoms with Gasteiger partial charge in [-0.15, -0.1) is 0 Å². The minimum Gasteiger partial charge on any atom is -0.505 e. The zero-order chi connectivity index (χ0) is 14.9. The molecule has 1 aromatic carbocycles. The zero-order valence-corrected chi connectivity index (χ0v) is 11.5. The lowest BCUT2D eigenvalue weighted by atomic mass is 9.93. The predicted octanol–water partition coefficient (Wildman–Crippen LogP) is 2.35. The molecule has 2 amide bonds. The Kier molecular flexibility index (Phi) is 3.57. The summed E-state index contributed by atoms with van der Waals surface area (Å²) in [5.74, 6) is -1.66. The van der Waals surface area contributed by atoms with Crippen molar-refractivity contribution in [1.82, 2.24) is 4.90 Å². The number of nitrogens with one attached hydrogen (secondary N) is 1. The van der Waals surface area contributed by atoms with Crippen LogP contribution in [0.15, 0.2) is 18.2 Å². The molecular formula is C14H18N2O4. The summed E-state index contributed by atoms with van der Waals surface area (Å²) < 4.78 is 0. The molecule has 3 N–H and O–H groups in total. The van der Waals surface area contributed by atoms with Crippen molar-refractivity contribution in [3.05, 3.63) is 23.8 Å². The fraction of sp³-hybridized carbons (Fsp3) is 0.429. The standard InChI is InChI=1S/C14H18N2O4/c1-14(2)6-7-16(8-14)13(20)15-10-5-3-4-9(11(10)17)12(18)19/h3-5,17H,6-8H2,1-2H3,(H,15,20)(H,18,19). The Morgan fingerprint density at radius 3 is 2.60 bits per heavy atom. The molecule has 6 heteroatoms. The van der Waals surface area contributed by atoms with Crippen molar-refractivity contribution < 1.29 is 19.8 Å². The maximum absolute atomic E-state index is 12.1. The fourth-order valence-electron chi connectivity index (χ4n) is 2.30. The molecule has 6 nitrogen and oxygen atoms in total. The molecule has 0 aliphatic carbocycles. The van der Waals surface area contributed by atoms with Gasteiger partial charge < -0.3 is 20.4 Å². The first kappa shape index (κ1) is 14.2. The summed E-state index contributed by atoms with van der Waals surface area (Å²) in [6.07, 6.45) is 0.918. The van der Waals surface area contributed by atoms with E-state index in [1.165, 1.54) is 18.2 Å². The van der Waals surface area contributed by atoms with E-state index in [1.54, 1.807) is 4.90 Å². The maximum Gasteiger partial charge on any atom is 0.339 e. The number of carboxylic acids is 1. The number of nitrogens with zero attached hydrogens (tertiary/aromatic N) is 1. The summed E-state index contributed by atoms with van der Waals surface area (Å²) in [4.78, 5) is 24.7. The Bertz CT molecular complexity index is 554. The highest BCUT2D eigenvalue weighted by molar-refractivity contribution is 5.97. The van der Waals surface area contributed by atoms with Crippen molar-refractivity contribution >= 4 is 17.7 Å². The monoisotopic (exact) mass is 278 g/mol. The maximum atomic E-state index is 12.1. The number of benzene rings is 1. The molecule has 0 bridgehead atoms. The first-order valence-corrected chi connectivity index (χ1v) is 6.41. The number of para-hydroxylation sites is 1. The number of carbonyl (C=O) groups excluding carboxylic acids is 1. The molecule has 0 saturated carbocycles. The van der Waals surface area contributed by atoms with Crippen LogP contribution >= 0.6 is 0 Å². The molecule has 1 aliphatic rings. The summed E-state index contributed by atoms with van der Waals surface area (Å²) >= 11 is 0. The van der Waals surface area contributed by atoms with E-state index in [0.29, 0.717) is 13.1 Å².